The number of hydrogen-bond donors (Lipinski definition) is 1. The SMILES string of the molecule is CCC(C)(C)CC(C)(C(=O)OCCOO[PH](=O)O)C(C)(C)CC. The highest BCUT2D eigenvalue weighted by Gasteiger charge is 2.49. The Balaban J connectivity index is 4.94. The van der Waals surface area contributed by atoms with Crippen molar-refractivity contribution in [1.29, 1.82) is 0 Å². The Morgan fingerprint density at radius 2 is 1.61 bits per heavy atom. The van der Waals surface area contributed by atoms with Gasteiger partial charge in [-0.15, -0.1) is 0 Å². The van der Waals surface area contributed by atoms with Crippen LogP contribution in [0, 0.1) is 16.2 Å². The van der Waals surface area contributed by atoms with Crippen molar-refractivity contribution in [3.05, 3.63) is 0 Å². The Kier molecular flexibility index (Phi) is 9.00. The van der Waals surface area contributed by atoms with Crippen molar-refractivity contribution < 1.29 is 28.6 Å². The number of hydrogen-bond acceptors (Lipinski definition) is 5. The van der Waals surface area contributed by atoms with Gasteiger partial charge in [0, 0.05) is 0 Å². The van der Waals surface area contributed by atoms with Gasteiger partial charge in [-0.2, -0.15) is 4.67 Å². The number of carbonyl (C=O) groups excluding carboxylic acids is 1. The van der Waals surface area contributed by atoms with Crippen LogP contribution in [-0.4, -0.2) is 24.1 Å². The average Bonchev–Trinajstić information content (AvgIpc) is 2.45. The highest BCUT2D eigenvalue weighted by atomic mass is 31.1. The first-order valence-corrected chi connectivity index (χ1v) is 9.38. The maximum Gasteiger partial charge on any atom is 0.344 e. The molecule has 0 bridgehead atoms. The van der Waals surface area contributed by atoms with Gasteiger partial charge >= 0.3 is 14.2 Å². The van der Waals surface area contributed by atoms with Gasteiger partial charge in [0.25, 0.3) is 0 Å². The lowest BCUT2D eigenvalue weighted by atomic mass is 9.58. The maximum absolute atomic E-state index is 12.7. The van der Waals surface area contributed by atoms with Crippen molar-refractivity contribution in [2.75, 3.05) is 13.2 Å². The molecule has 7 heteroatoms. The van der Waals surface area contributed by atoms with Crippen LogP contribution in [0.4, 0.5) is 0 Å². The summed E-state index contributed by atoms with van der Waals surface area (Å²) in [7, 11) is -3.13. The molecule has 0 aliphatic heterocycles. The molecule has 0 radical (unpaired) electrons. The van der Waals surface area contributed by atoms with Crippen LogP contribution >= 0.6 is 8.25 Å². The minimum atomic E-state index is -3.13. The van der Waals surface area contributed by atoms with Crippen molar-refractivity contribution in [2.24, 2.45) is 16.2 Å². The molecular formula is C16H33O6P. The first-order chi connectivity index (χ1) is 10.4. The molecule has 6 nitrogen and oxygen atoms in total. The summed E-state index contributed by atoms with van der Waals surface area (Å²) >= 11 is 0. The number of carbonyl (C=O) groups is 1. The topological polar surface area (TPSA) is 82.1 Å². The lowest BCUT2D eigenvalue weighted by Gasteiger charge is -2.45. The van der Waals surface area contributed by atoms with Gasteiger partial charge < -0.3 is 9.63 Å². The van der Waals surface area contributed by atoms with Crippen LogP contribution < -0.4 is 0 Å². The Morgan fingerprint density at radius 1 is 1.04 bits per heavy atom. The molecule has 2 atom stereocenters. The fraction of sp³-hybridized carbons (Fsp3) is 0.938. The van der Waals surface area contributed by atoms with Gasteiger partial charge in [0.2, 0.25) is 0 Å². The first kappa shape index (κ1) is 22.6. The van der Waals surface area contributed by atoms with Crippen molar-refractivity contribution in [2.45, 2.75) is 67.7 Å². The predicted octanol–water partition coefficient (Wildman–Crippen LogP) is 4.13. The van der Waals surface area contributed by atoms with Crippen LogP contribution in [0.25, 0.3) is 0 Å². The fourth-order valence-corrected chi connectivity index (χ4v) is 2.66. The maximum atomic E-state index is 12.7. The normalized spacial score (nSPS) is 16.7. The highest BCUT2D eigenvalue weighted by molar-refractivity contribution is 7.31. The summed E-state index contributed by atoms with van der Waals surface area (Å²) in [5, 5.41) is 0. The summed E-state index contributed by atoms with van der Waals surface area (Å²) in [6.07, 6.45) is 2.54. The molecule has 0 heterocycles. The third kappa shape index (κ3) is 6.92. The van der Waals surface area contributed by atoms with Crippen LogP contribution in [0.5, 0.6) is 0 Å². The summed E-state index contributed by atoms with van der Waals surface area (Å²) < 4.78 is 19.8. The third-order valence-corrected chi connectivity index (χ3v) is 5.41. The molecule has 2 unspecified atom stereocenters. The number of esters is 1. The Hall–Kier alpha value is -0.420. The summed E-state index contributed by atoms with van der Waals surface area (Å²) in [6.45, 7) is 14.5. The molecule has 0 aliphatic carbocycles. The molecule has 0 aromatic carbocycles. The molecule has 0 saturated carbocycles. The highest BCUT2D eigenvalue weighted by Crippen LogP contribution is 2.50. The van der Waals surface area contributed by atoms with E-state index in [2.05, 4.69) is 51.1 Å². The summed E-state index contributed by atoms with van der Waals surface area (Å²) in [5.74, 6) is -0.272. The van der Waals surface area contributed by atoms with E-state index >= 15 is 0 Å². The van der Waals surface area contributed by atoms with E-state index in [1.165, 1.54) is 0 Å². The van der Waals surface area contributed by atoms with E-state index in [4.69, 9.17) is 9.63 Å². The van der Waals surface area contributed by atoms with Crippen LogP contribution in [0.1, 0.15) is 67.7 Å². The fourth-order valence-electron chi connectivity index (χ4n) is 2.48. The molecule has 0 fully saturated rings. The lowest BCUT2D eigenvalue weighted by molar-refractivity contribution is -0.218. The first-order valence-electron chi connectivity index (χ1n) is 8.11. The van der Waals surface area contributed by atoms with Crippen LogP contribution in [0.3, 0.4) is 0 Å². The van der Waals surface area contributed by atoms with E-state index < -0.39 is 13.7 Å². The largest absolute Gasteiger partial charge is 0.463 e. The van der Waals surface area contributed by atoms with Gasteiger partial charge in [-0.3, -0.25) is 9.36 Å². The molecule has 0 spiro atoms. The van der Waals surface area contributed by atoms with Gasteiger partial charge in [-0.05, 0) is 30.6 Å². The third-order valence-electron chi connectivity index (χ3n) is 5.15. The van der Waals surface area contributed by atoms with Crippen molar-refractivity contribution in [3.8, 4) is 0 Å². The molecule has 23 heavy (non-hydrogen) atoms. The van der Waals surface area contributed by atoms with Gasteiger partial charge in [-0.1, -0.05) is 48.0 Å². The van der Waals surface area contributed by atoms with E-state index in [-0.39, 0.29) is 30.0 Å². The van der Waals surface area contributed by atoms with Crippen molar-refractivity contribution in [3.63, 3.8) is 0 Å². The van der Waals surface area contributed by atoms with Crippen LogP contribution in [0.15, 0.2) is 0 Å². The molecule has 0 saturated heterocycles. The van der Waals surface area contributed by atoms with Crippen LogP contribution in [0.2, 0.25) is 0 Å². The number of ether oxygens (including phenoxy) is 1. The molecule has 138 valence electrons. The van der Waals surface area contributed by atoms with Gasteiger partial charge in [0.1, 0.15) is 13.2 Å². The van der Waals surface area contributed by atoms with Gasteiger partial charge in [-0.25, -0.2) is 4.89 Å². The summed E-state index contributed by atoms with van der Waals surface area (Å²) in [5.41, 5.74) is -0.826. The lowest BCUT2D eigenvalue weighted by Crippen LogP contribution is -2.46. The summed E-state index contributed by atoms with van der Waals surface area (Å²) in [6, 6.07) is 0. The average molecular weight is 352 g/mol. The zero-order valence-electron chi connectivity index (χ0n) is 15.5. The smallest absolute Gasteiger partial charge is 0.344 e. The molecule has 0 rings (SSSR count). The minimum Gasteiger partial charge on any atom is -0.463 e. The Bertz CT molecular complexity index is 407. The Labute approximate surface area is 140 Å². The van der Waals surface area contributed by atoms with Gasteiger partial charge in [0.15, 0.2) is 0 Å². The molecular weight excluding hydrogens is 319 g/mol. The van der Waals surface area contributed by atoms with E-state index in [1.807, 2.05) is 6.92 Å². The van der Waals surface area contributed by atoms with E-state index in [1.54, 1.807) is 0 Å². The molecule has 1 N–H and O–H groups in total. The van der Waals surface area contributed by atoms with E-state index in [0.29, 0.717) is 0 Å². The van der Waals surface area contributed by atoms with Gasteiger partial charge in [0.05, 0.1) is 5.41 Å². The Morgan fingerprint density at radius 3 is 2.04 bits per heavy atom. The van der Waals surface area contributed by atoms with Crippen molar-refractivity contribution in [1.82, 2.24) is 0 Å². The predicted molar refractivity (Wildman–Crippen MR) is 90.1 cm³/mol. The quantitative estimate of drug-likeness (QED) is 0.198. The van der Waals surface area contributed by atoms with E-state index in [0.717, 1.165) is 19.3 Å². The second kappa shape index (κ2) is 9.16. The second-order valence-electron chi connectivity index (χ2n) is 7.57. The number of rotatable bonds is 11. The zero-order valence-corrected chi connectivity index (χ0v) is 16.5. The molecule has 0 aromatic rings. The summed E-state index contributed by atoms with van der Waals surface area (Å²) in [4.78, 5) is 25.7. The second-order valence-corrected chi connectivity index (χ2v) is 8.27. The molecule has 0 aliphatic rings. The van der Waals surface area contributed by atoms with Crippen LogP contribution in [-0.2, 0) is 23.7 Å². The monoisotopic (exact) mass is 352 g/mol. The van der Waals surface area contributed by atoms with Crippen molar-refractivity contribution >= 4 is 14.2 Å². The zero-order chi connectivity index (χ0) is 18.3. The standard InChI is InChI=1S/C16H33O6P/c1-8-14(3,4)12-16(7,15(5,6)9-2)13(17)20-10-11-21-22-23(18)19/h23H,8-12H2,1-7H3,(H,18,19). The molecule has 0 amide bonds. The molecule has 0 aromatic heterocycles. The van der Waals surface area contributed by atoms with E-state index in [9.17, 15) is 9.36 Å². The minimum absolute atomic E-state index is 0.0179.